The minimum absolute atomic E-state index is 0.0337. The van der Waals surface area contributed by atoms with E-state index in [2.05, 4.69) is 38.5 Å². The fourth-order valence-corrected chi connectivity index (χ4v) is 3.17. The minimum Gasteiger partial charge on any atom is -0.340 e. The molecule has 1 aliphatic rings. The summed E-state index contributed by atoms with van der Waals surface area (Å²) in [6.45, 7) is 4.80. The molecule has 0 radical (unpaired) electrons. The molecular formula is C11H14BrN3OS. The number of halogens is 1. The summed E-state index contributed by atoms with van der Waals surface area (Å²) in [5.41, 5.74) is 0. The van der Waals surface area contributed by atoms with E-state index in [9.17, 15) is 4.79 Å². The number of carbonyl (C=O) groups excluding carboxylic acids is 1. The van der Waals surface area contributed by atoms with Gasteiger partial charge in [0, 0.05) is 20.8 Å². The number of amides is 1. The first-order valence-corrected chi connectivity index (χ1v) is 7.10. The summed E-state index contributed by atoms with van der Waals surface area (Å²) < 4.78 is 1.05. The van der Waals surface area contributed by atoms with Crippen LogP contribution in [-0.4, -0.2) is 18.4 Å². The Hall–Kier alpha value is -0.880. The summed E-state index contributed by atoms with van der Waals surface area (Å²) in [6.07, 6.45) is 0.968. The lowest BCUT2D eigenvalue weighted by molar-refractivity contribution is -0.120. The molecule has 1 amide bonds. The molecule has 6 heteroatoms. The minimum atomic E-state index is -0.305. The van der Waals surface area contributed by atoms with E-state index in [1.165, 1.54) is 4.88 Å². The highest BCUT2D eigenvalue weighted by Gasteiger charge is 2.31. The lowest BCUT2D eigenvalue weighted by atomic mass is 10.2. The highest BCUT2D eigenvalue weighted by molar-refractivity contribution is 9.10. The Morgan fingerprint density at radius 3 is 2.94 bits per heavy atom. The summed E-state index contributed by atoms with van der Waals surface area (Å²) in [6, 6.07) is 1.68. The molecule has 2 rings (SSSR count). The van der Waals surface area contributed by atoms with Crippen LogP contribution in [0.3, 0.4) is 0 Å². The van der Waals surface area contributed by atoms with Crippen molar-refractivity contribution in [2.24, 2.45) is 4.99 Å². The topological polar surface area (TPSA) is 53.5 Å². The summed E-state index contributed by atoms with van der Waals surface area (Å²) in [7, 11) is 0. The molecule has 1 atom stereocenters. The molecule has 1 saturated heterocycles. The predicted molar refractivity (Wildman–Crippen MR) is 73.4 cm³/mol. The van der Waals surface area contributed by atoms with Crippen LogP contribution in [0, 0.1) is 6.92 Å². The molecule has 92 valence electrons. The fourth-order valence-electron chi connectivity index (χ4n) is 1.56. The van der Waals surface area contributed by atoms with Crippen LogP contribution < -0.4 is 10.6 Å². The van der Waals surface area contributed by atoms with Gasteiger partial charge in [0.1, 0.15) is 6.04 Å². The van der Waals surface area contributed by atoms with Gasteiger partial charge in [-0.25, -0.2) is 0 Å². The number of rotatable bonds is 3. The molecule has 0 aromatic carbocycles. The van der Waals surface area contributed by atoms with Crippen molar-refractivity contribution in [2.45, 2.75) is 26.3 Å². The molecule has 0 spiro atoms. The number of carbonyl (C=O) groups is 1. The second-order valence-corrected chi connectivity index (χ2v) is 5.99. The van der Waals surface area contributed by atoms with Gasteiger partial charge in [0.2, 0.25) is 0 Å². The summed E-state index contributed by atoms with van der Waals surface area (Å²) in [4.78, 5) is 18.3. The van der Waals surface area contributed by atoms with Gasteiger partial charge >= 0.3 is 0 Å². The van der Waals surface area contributed by atoms with Crippen molar-refractivity contribution in [1.82, 2.24) is 10.6 Å². The van der Waals surface area contributed by atoms with E-state index in [0.29, 0.717) is 5.96 Å². The van der Waals surface area contributed by atoms with E-state index in [0.717, 1.165) is 22.3 Å². The lowest BCUT2D eigenvalue weighted by Gasteiger charge is -2.03. The summed E-state index contributed by atoms with van der Waals surface area (Å²) >= 11 is 5.08. The van der Waals surface area contributed by atoms with E-state index in [1.54, 1.807) is 11.3 Å². The number of guanidine groups is 1. The van der Waals surface area contributed by atoms with Crippen LogP contribution in [-0.2, 0) is 4.79 Å². The quantitative estimate of drug-likeness (QED) is 0.899. The third-order valence-corrected chi connectivity index (χ3v) is 4.64. The molecule has 1 fully saturated rings. The first kappa shape index (κ1) is 12.6. The van der Waals surface area contributed by atoms with Crippen molar-refractivity contribution in [3.63, 3.8) is 0 Å². The maximum Gasteiger partial charge on any atom is 0.254 e. The van der Waals surface area contributed by atoms with Gasteiger partial charge in [-0.3, -0.25) is 15.1 Å². The summed E-state index contributed by atoms with van der Waals surface area (Å²) in [5.74, 6) is 0.553. The molecule has 2 heterocycles. The van der Waals surface area contributed by atoms with Crippen molar-refractivity contribution in [3.05, 3.63) is 20.3 Å². The normalized spacial score (nSPS) is 21.7. The molecular weight excluding hydrogens is 302 g/mol. The van der Waals surface area contributed by atoms with Crippen LogP contribution >= 0.6 is 27.3 Å². The van der Waals surface area contributed by atoms with Crippen molar-refractivity contribution in [2.75, 3.05) is 6.54 Å². The maximum atomic E-state index is 11.8. The Morgan fingerprint density at radius 2 is 2.35 bits per heavy atom. The molecule has 0 bridgehead atoms. The zero-order valence-electron chi connectivity index (χ0n) is 9.71. The third kappa shape index (κ3) is 2.69. The van der Waals surface area contributed by atoms with Gasteiger partial charge in [-0.05, 0) is 35.3 Å². The Balaban J connectivity index is 2.15. The zero-order valence-corrected chi connectivity index (χ0v) is 12.1. The number of nitrogens with zero attached hydrogens (tertiary/aromatic N) is 1. The molecule has 1 aromatic heterocycles. The second kappa shape index (κ2) is 5.18. The molecule has 1 unspecified atom stereocenters. The van der Waals surface area contributed by atoms with Crippen LogP contribution in [0.5, 0.6) is 0 Å². The van der Waals surface area contributed by atoms with Crippen molar-refractivity contribution in [1.29, 1.82) is 0 Å². The van der Waals surface area contributed by atoms with Crippen molar-refractivity contribution >= 4 is 39.1 Å². The average Bonchev–Trinajstić information content (AvgIpc) is 2.80. The SMILES string of the molecule is CCCN=C1NC(=O)C(c2cc(Br)c(C)s2)N1. The molecule has 1 aromatic rings. The van der Waals surface area contributed by atoms with Gasteiger partial charge in [-0.1, -0.05) is 6.92 Å². The highest BCUT2D eigenvalue weighted by Crippen LogP contribution is 2.31. The van der Waals surface area contributed by atoms with Crippen LogP contribution in [0.1, 0.15) is 29.1 Å². The zero-order chi connectivity index (χ0) is 12.4. The highest BCUT2D eigenvalue weighted by atomic mass is 79.9. The fraction of sp³-hybridized carbons (Fsp3) is 0.455. The summed E-state index contributed by atoms with van der Waals surface area (Å²) in [5, 5.41) is 5.87. The van der Waals surface area contributed by atoms with E-state index in [-0.39, 0.29) is 11.9 Å². The number of hydrogen-bond acceptors (Lipinski definition) is 3. The van der Waals surface area contributed by atoms with Crippen molar-refractivity contribution in [3.8, 4) is 0 Å². The van der Waals surface area contributed by atoms with Gasteiger partial charge in [-0.15, -0.1) is 11.3 Å². The number of aliphatic imine (C=N–C) groups is 1. The monoisotopic (exact) mass is 315 g/mol. The third-order valence-electron chi connectivity index (χ3n) is 2.44. The standard InChI is InChI=1S/C11H14BrN3OS/c1-3-4-13-11-14-9(10(16)15-11)8-5-7(12)6(2)17-8/h5,9H,3-4H2,1-2H3,(H2,13,14,15,16). The number of nitrogens with one attached hydrogen (secondary N) is 2. The molecule has 2 N–H and O–H groups in total. The molecule has 0 saturated carbocycles. The van der Waals surface area contributed by atoms with Crippen molar-refractivity contribution < 1.29 is 4.79 Å². The first-order valence-electron chi connectivity index (χ1n) is 5.49. The average molecular weight is 316 g/mol. The van der Waals surface area contributed by atoms with E-state index >= 15 is 0 Å². The van der Waals surface area contributed by atoms with E-state index in [1.807, 2.05) is 13.0 Å². The Bertz CT molecular complexity index is 450. The Labute approximate surface area is 113 Å². The number of aryl methyl sites for hydroxylation is 1. The molecule has 17 heavy (non-hydrogen) atoms. The van der Waals surface area contributed by atoms with Crippen LogP contribution in [0.25, 0.3) is 0 Å². The van der Waals surface area contributed by atoms with Gasteiger partial charge < -0.3 is 5.32 Å². The van der Waals surface area contributed by atoms with Gasteiger partial charge in [0.05, 0.1) is 0 Å². The van der Waals surface area contributed by atoms with Gasteiger partial charge in [0.25, 0.3) is 5.91 Å². The smallest absolute Gasteiger partial charge is 0.254 e. The van der Waals surface area contributed by atoms with Crippen LogP contribution in [0.2, 0.25) is 0 Å². The lowest BCUT2D eigenvalue weighted by Crippen LogP contribution is -2.25. The van der Waals surface area contributed by atoms with E-state index in [4.69, 9.17) is 0 Å². The molecule has 0 aliphatic carbocycles. The molecule has 1 aliphatic heterocycles. The van der Waals surface area contributed by atoms with Crippen LogP contribution in [0.4, 0.5) is 0 Å². The molecule has 4 nitrogen and oxygen atoms in total. The van der Waals surface area contributed by atoms with Crippen LogP contribution in [0.15, 0.2) is 15.5 Å². The second-order valence-electron chi connectivity index (χ2n) is 3.85. The first-order chi connectivity index (χ1) is 8.11. The Kier molecular flexibility index (Phi) is 3.83. The maximum absolute atomic E-state index is 11.8. The van der Waals surface area contributed by atoms with Gasteiger partial charge in [-0.2, -0.15) is 0 Å². The predicted octanol–water partition coefficient (Wildman–Crippen LogP) is 2.35. The Morgan fingerprint density at radius 1 is 1.59 bits per heavy atom. The van der Waals surface area contributed by atoms with Gasteiger partial charge in [0.15, 0.2) is 5.96 Å². The number of hydrogen-bond donors (Lipinski definition) is 2. The van der Waals surface area contributed by atoms with E-state index < -0.39 is 0 Å². The number of thiophene rings is 1. The largest absolute Gasteiger partial charge is 0.340 e.